The highest BCUT2D eigenvalue weighted by molar-refractivity contribution is 5.42. The van der Waals surface area contributed by atoms with Crippen molar-refractivity contribution in [2.24, 2.45) is 5.73 Å². The minimum atomic E-state index is 0.399. The molecule has 3 nitrogen and oxygen atoms in total. The summed E-state index contributed by atoms with van der Waals surface area (Å²) < 4.78 is 0. The van der Waals surface area contributed by atoms with Crippen LogP contribution in [-0.4, -0.2) is 17.1 Å². The number of aryl methyl sites for hydroxylation is 1. The lowest BCUT2D eigenvalue weighted by molar-refractivity contribution is 0.373. The lowest BCUT2D eigenvalue weighted by atomic mass is 9.87. The summed E-state index contributed by atoms with van der Waals surface area (Å²) in [5.74, 6) is 0. The van der Waals surface area contributed by atoms with E-state index in [0.717, 1.165) is 24.2 Å². The van der Waals surface area contributed by atoms with Crippen LogP contribution >= 0.6 is 0 Å². The summed E-state index contributed by atoms with van der Waals surface area (Å²) in [6.45, 7) is 1.99. The number of aromatic nitrogens is 1. The van der Waals surface area contributed by atoms with Crippen LogP contribution in [0.2, 0.25) is 0 Å². The fourth-order valence-electron chi connectivity index (χ4n) is 1.57. The Morgan fingerprint density at radius 2 is 2.23 bits per heavy atom. The van der Waals surface area contributed by atoms with Crippen molar-refractivity contribution >= 4 is 5.69 Å². The molecule has 1 aromatic heterocycles. The maximum atomic E-state index is 5.69. The molecule has 3 heteroatoms. The van der Waals surface area contributed by atoms with Crippen LogP contribution in [0.5, 0.6) is 0 Å². The van der Waals surface area contributed by atoms with Crippen LogP contribution in [0.3, 0.4) is 0 Å². The largest absolute Gasteiger partial charge is 0.381 e. The first-order valence-electron chi connectivity index (χ1n) is 4.69. The summed E-state index contributed by atoms with van der Waals surface area (Å²) in [5, 5.41) is 3.39. The molecular formula is C10H15N3. The van der Waals surface area contributed by atoms with Gasteiger partial charge in [-0.05, 0) is 31.9 Å². The minimum Gasteiger partial charge on any atom is -0.381 e. The molecule has 2 rings (SSSR count). The number of rotatable bonds is 2. The van der Waals surface area contributed by atoms with Crippen molar-refractivity contribution < 1.29 is 0 Å². The van der Waals surface area contributed by atoms with E-state index in [1.807, 2.05) is 19.2 Å². The predicted octanol–water partition coefficient (Wildman–Crippen LogP) is 1.29. The van der Waals surface area contributed by atoms with Crippen molar-refractivity contribution in [3.05, 3.63) is 24.0 Å². The third-order valence-corrected chi connectivity index (χ3v) is 2.46. The van der Waals surface area contributed by atoms with E-state index in [9.17, 15) is 0 Å². The highest BCUT2D eigenvalue weighted by atomic mass is 15.0. The predicted molar refractivity (Wildman–Crippen MR) is 53.6 cm³/mol. The molecular weight excluding hydrogens is 162 g/mol. The van der Waals surface area contributed by atoms with Crippen LogP contribution in [0.4, 0.5) is 5.69 Å². The average molecular weight is 177 g/mol. The van der Waals surface area contributed by atoms with Gasteiger partial charge in [0.2, 0.25) is 0 Å². The van der Waals surface area contributed by atoms with Crippen LogP contribution in [0.15, 0.2) is 18.3 Å². The summed E-state index contributed by atoms with van der Waals surface area (Å²) in [4.78, 5) is 4.22. The Bertz CT molecular complexity index is 275. The average Bonchev–Trinajstić information content (AvgIpc) is 2.06. The van der Waals surface area contributed by atoms with Gasteiger partial charge in [-0.3, -0.25) is 4.98 Å². The first kappa shape index (κ1) is 8.51. The quantitative estimate of drug-likeness (QED) is 0.715. The molecule has 1 saturated carbocycles. The van der Waals surface area contributed by atoms with Gasteiger partial charge in [0.1, 0.15) is 0 Å². The van der Waals surface area contributed by atoms with Crippen molar-refractivity contribution in [3.8, 4) is 0 Å². The molecule has 13 heavy (non-hydrogen) atoms. The summed E-state index contributed by atoms with van der Waals surface area (Å²) in [5.41, 5.74) is 7.84. The van der Waals surface area contributed by atoms with Gasteiger partial charge < -0.3 is 11.1 Å². The summed E-state index contributed by atoms with van der Waals surface area (Å²) in [6, 6.07) is 5.03. The Morgan fingerprint density at radius 1 is 1.46 bits per heavy atom. The molecule has 1 aromatic rings. The third kappa shape index (κ3) is 1.98. The van der Waals surface area contributed by atoms with E-state index in [1.165, 1.54) is 0 Å². The van der Waals surface area contributed by atoms with Crippen LogP contribution in [0.25, 0.3) is 0 Å². The Balaban J connectivity index is 1.91. The maximum Gasteiger partial charge on any atom is 0.0529 e. The van der Waals surface area contributed by atoms with Crippen molar-refractivity contribution in [1.29, 1.82) is 0 Å². The number of anilines is 1. The van der Waals surface area contributed by atoms with E-state index >= 15 is 0 Å². The van der Waals surface area contributed by atoms with Gasteiger partial charge in [0.05, 0.1) is 11.9 Å². The van der Waals surface area contributed by atoms with Gasteiger partial charge in [-0.1, -0.05) is 0 Å². The molecule has 0 radical (unpaired) electrons. The molecule has 1 aliphatic carbocycles. The fourth-order valence-corrected chi connectivity index (χ4v) is 1.57. The molecule has 0 bridgehead atoms. The van der Waals surface area contributed by atoms with Crippen LogP contribution in [-0.2, 0) is 0 Å². The topological polar surface area (TPSA) is 50.9 Å². The molecule has 1 fully saturated rings. The zero-order chi connectivity index (χ0) is 9.26. The third-order valence-electron chi connectivity index (χ3n) is 2.46. The zero-order valence-electron chi connectivity index (χ0n) is 7.83. The van der Waals surface area contributed by atoms with E-state index in [0.29, 0.717) is 12.1 Å². The van der Waals surface area contributed by atoms with E-state index in [2.05, 4.69) is 16.4 Å². The molecule has 3 N–H and O–H groups in total. The van der Waals surface area contributed by atoms with E-state index in [1.54, 1.807) is 0 Å². The summed E-state index contributed by atoms with van der Waals surface area (Å²) >= 11 is 0. The molecule has 0 aromatic carbocycles. The molecule has 0 unspecified atom stereocenters. The molecule has 1 aliphatic rings. The van der Waals surface area contributed by atoms with Gasteiger partial charge in [-0.25, -0.2) is 0 Å². The minimum absolute atomic E-state index is 0.399. The van der Waals surface area contributed by atoms with Gasteiger partial charge in [-0.15, -0.1) is 0 Å². The van der Waals surface area contributed by atoms with Crippen LogP contribution < -0.4 is 11.1 Å². The van der Waals surface area contributed by atoms with Crippen molar-refractivity contribution in [1.82, 2.24) is 4.98 Å². The molecule has 0 aliphatic heterocycles. The number of nitrogens with one attached hydrogen (secondary N) is 1. The van der Waals surface area contributed by atoms with Crippen LogP contribution in [0.1, 0.15) is 18.5 Å². The number of nitrogens with two attached hydrogens (primary N) is 1. The summed E-state index contributed by atoms with van der Waals surface area (Å²) in [6.07, 6.45) is 4.03. The van der Waals surface area contributed by atoms with E-state index in [-0.39, 0.29) is 0 Å². The second-order valence-electron chi connectivity index (χ2n) is 3.76. The van der Waals surface area contributed by atoms with Gasteiger partial charge in [-0.2, -0.15) is 0 Å². The molecule has 0 amide bonds. The van der Waals surface area contributed by atoms with E-state index < -0.39 is 0 Å². The highest BCUT2D eigenvalue weighted by Crippen LogP contribution is 2.21. The number of pyridine rings is 1. The second-order valence-corrected chi connectivity index (χ2v) is 3.76. The lowest BCUT2D eigenvalue weighted by Gasteiger charge is -2.33. The summed E-state index contributed by atoms with van der Waals surface area (Å²) in [7, 11) is 0. The van der Waals surface area contributed by atoms with Gasteiger partial charge in [0, 0.05) is 17.8 Å². The molecule has 0 spiro atoms. The standard InChI is InChI=1S/C10H15N3/c1-7-2-3-9(6-12-7)13-10-4-8(11)5-10/h2-3,6,8,10,13H,4-5,11H2,1H3. The lowest BCUT2D eigenvalue weighted by Crippen LogP contribution is -2.44. The Kier molecular flexibility index (Phi) is 2.19. The monoisotopic (exact) mass is 177 g/mol. The van der Waals surface area contributed by atoms with Crippen molar-refractivity contribution in [3.63, 3.8) is 0 Å². The molecule has 0 atom stereocenters. The Labute approximate surface area is 78.4 Å². The highest BCUT2D eigenvalue weighted by Gasteiger charge is 2.25. The van der Waals surface area contributed by atoms with Crippen molar-refractivity contribution in [2.75, 3.05) is 5.32 Å². The van der Waals surface area contributed by atoms with Crippen LogP contribution in [0, 0.1) is 6.92 Å². The second kappa shape index (κ2) is 3.34. The van der Waals surface area contributed by atoms with Crippen molar-refractivity contribution in [2.45, 2.75) is 31.8 Å². The first-order valence-corrected chi connectivity index (χ1v) is 4.69. The van der Waals surface area contributed by atoms with Gasteiger partial charge in [0.15, 0.2) is 0 Å². The van der Waals surface area contributed by atoms with E-state index in [4.69, 9.17) is 5.73 Å². The first-order chi connectivity index (χ1) is 6.24. The fraction of sp³-hybridized carbons (Fsp3) is 0.500. The number of hydrogen-bond acceptors (Lipinski definition) is 3. The van der Waals surface area contributed by atoms with Gasteiger partial charge in [0.25, 0.3) is 0 Å². The molecule has 0 saturated heterocycles. The number of hydrogen-bond donors (Lipinski definition) is 2. The smallest absolute Gasteiger partial charge is 0.0529 e. The number of nitrogens with zero attached hydrogens (tertiary/aromatic N) is 1. The maximum absolute atomic E-state index is 5.69. The Hall–Kier alpha value is -1.09. The Morgan fingerprint density at radius 3 is 2.77 bits per heavy atom. The molecule has 70 valence electrons. The molecule has 1 heterocycles. The van der Waals surface area contributed by atoms with Gasteiger partial charge >= 0.3 is 0 Å². The zero-order valence-corrected chi connectivity index (χ0v) is 7.83. The SMILES string of the molecule is Cc1ccc(NC2CC(N)C2)cn1. The normalized spacial score (nSPS) is 26.6.